The fourth-order valence-corrected chi connectivity index (χ4v) is 7.88. The fourth-order valence-electron chi connectivity index (χ4n) is 4.39. The lowest BCUT2D eigenvalue weighted by molar-refractivity contribution is 0.0985. The Hall–Kier alpha value is -3.12. The van der Waals surface area contributed by atoms with E-state index in [9.17, 15) is 21.6 Å². The number of carbonyl (C=O) groups excluding carboxylic acids is 1. The molecule has 1 aromatic heterocycles. The molecule has 0 bridgehead atoms. The molecule has 1 amide bonds. The Kier molecular flexibility index (Phi) is 9.32. The minimum atomic E-state index is -3.74. The highest BCUT2D eigenvalue weighted by molar-refractivity contribution is 7.90. The summed E-state index contributed by atoms with van der Waals surface area (Å²) >= 11 is 1.23. The van der Waals surface area contributed by atoms with Crippen LogP contribution in [0.1, 0.15) is 43.6 Å². The van der Waals surface area contributed by atoms with Crippen molar-refractivity contribution in [1.82, 2.24) is 9.29 Å². The average Bonchev–Trinajstić information content (AvgIpc) is 3.34. The van der Waals surface area contributed by atoms with Crippen LogP contribution < -0.4 is 4.90 Å². The maximum Gasteiger partial charge on any atom is 0.260 e. The predicted molar refractivity (Wildman–Crippen MR) is 165 cm³/mol. The summed E-state index contributed by atoms with van der Waals surface area (Å²) in [6.45, 7) is 8.97. The number of hydrogen-bond donors (Lipinski definition) is 0. The second kappa shape index (κ2) is 12.4. The van der Waals surface area contributed by atoms with E-state index in [0.29, 0.717) is 34.0 Å². The predicted octanol–water partition coefficient (Wildman–Crippen LogP) is 5.85. The third kappa shape index (κ3) is 7.40. The van der Waals surface area contributed by atoms with Gasteiger partial charge < -0.3 is 0 Å². The Bertz CT molecular complexity index is 1720. The molecule has 3 aromatic carbocycles. The van der Waals surface area contributed by atoms with Gasteiger partial charge in [0.2, 0.25) is 10.0 Å². The van der Waals surface area contributed by atoms with Crippen molar-refractivity contribution in [1.29, 1.82) is 0 Å². The molecule has 0 saturated carbocycles. The Balaban J connectivity index is 1.70. The molecule has 4 aromatic rings. The number of carbonyl (C=O) groups is 1. The number of anilines is 1. The first-order valence-electron chi connectivity index (χ1n) is 13.3. The molecule has 0 radical (unpaired) electrons. The van der Waals surface area contributed by atoms with Crippen molar-refractivity contribution in [3.05, 3.63) is 83.9 Å². The molecule has 218 valence electrons. The van der Waals surface area contributed by atoms with Crippen molar-refractivity contribution in [3.63, 3.8) is 0 Å². The van der Waals surface area contributed by atoms with Gasteiger partial charge in [-0.2, -0.15) is 4.31 Å². The average molecular weight is 614 g/mol. The van der Waals surface area contributed by atoms with Gasteiger partial charge in [0.25, 0.3) is 5.91 Å². The van der Waals surface area contributed by atoms with E-state index in [2.05, 4.69) is 4.98 Å². The Morgan fingerprint density at radius 3 is 1.98 bits per heavy atom. The van der Waals surface area contributed by atoms with Gasteiger partial charge in [0.05, 0.1) is 26.6 Å². The summed E-state index contributed by atoms with van der Waals surface area (Å²) < 4.78 is 53.2. The van der Waals surface area contributed by atoms with Gasteiger partial charge in [-0.1, -0.05) is 69.4 Å². The van der Waals surface area contributed by atoms with Crippen molar-refractivity contribution >= 4 is 52.5 Å². The zero-order valence-electron chi connectivity index (χ0n) is 23.8. The molecule has 0 saturated heterocycles. The fraction of sp³-hybridized carbons (Fsp3) is 0.333. The van der Waals surface area contributed by atoms with Gasteiger partial charge >= 0.3 is 0 Å². The number of hydrogen-bond acceptors (Lipinski definition) is 7. The van der Waals surface area contributed by atoms with E-state index < -0.39 is 19.9 Å². The smallest absolute Gasteiger partial charge is 0.260 e. The lowest BCUT2D eigenvalue weighted by atomic mass is 10.1. The van der Waals surface area contributed by atoms with Gasteiger partial charge in [0.1, 0.15) is 0 Å². The summed E-state index contributed by atoms with van der Waals surface area (Å²) in [6.07, 6.45) is 1.15. The van der Waals surface area contributed by atoms with E-state index in [-0.39, 0.29) is 34.1 Å². The van der Waals surface area contributed by atoms with E-state index >= 15 is 0 Å². The van der Waals surface area contributed by atoms with Crippen molar-refractivity contribution in [2.75, 3.05) is 24.2 Å². The Morgan fingerprint density at radius 2 is 1.41 bits per heavy atom. The van der Waals surface area contributed by atoms with Crippen LogP contribution in [0.4, 0.5) is 5.13 Å². The molecule has 41 heavy (non-hydrogen) atoms. The molecule has 0 unspecified atom stereocenters. The number of benzene rings is 3. The molecule has 0 atom stereocenters. The van der Waals surface area contributed by atoms with E-state index in [1.165, 1.54) is 50.9 Å². The lowest BCUT2D eigenvalue weighted by Crippen LogP contribution is -2.37. The number of fused-ring (bicyclic) bond motifs is 1. The number of thiazole rings is 1. The number of sulfone groups is 1. The summed E-state index contributed by atoms with van der Waals surface area (Å²) in [5.41, 5.74) is 1.78. The van der Waals surface area contributed by atoms with Gasteiger partial charge in [-0.25, -0.2) is 21.8 Å². The molecule has 0 aliphatic heterocycles. The number of sulfonamides is 1. The lowest BCUT2D eigenvalue weighted by Gasteiger charge is -2.26. The number of aromatic nitrogens is 1. The molecule has 8 nitrogen and oxygen atoms in total. The molecule has 0 aliphatic carbocycles. The zero-order valence-corrected chi connectivity index (χ0v) is 26.3. The second-order valence-electron chi connectivity index (χ2n) is 10.9. The number of rotatable bonds is 11. The van der Waals surface area contributed by atoms with Crippen LogP contribution in [-0.4, -0.2) is 51.4 Å². The quantitative estimate of drug-likeness (QED) is 0.210. The summed E-state index contributed by atoms with van der Waals surface area (Å²) in [5, 5.41) is 0.413. The van der Waals surface area contributed by atoms with Gasteiger partial charge in [-0.05, 0) is 59.9 Å². The number of nitrogens with zero attached hydrogens (tertiary/aromatic N) is 3. The van der Waals surface area contributed by atoms with Crippen LogP contribution in [0.25, 0.3) is 10.2 Å². The minimum absolute atomic E-state index is 0.137. The summed E-state index contributed by atoms with van der Waals surface area (Å²) in [6, 6.07) is 20.2. The monoisotopic (exact) mass is 613 g/mol. The third-order valence-electron chi connectivity index (χ3n) is 6.31. The molecule has 11 heteroatoms. The van der Waals surface area contributed by atoms with E-state index in [1.807, 2.05) is 58.0 Å². The molecule has 0 fully saturated rings. The van der Waals surface area contributed by atoms with Crippen LogP contribution in [-0.2, 0) is 26.4 Å². The summed E-state index contributed by atoms with van der Waals surface area (Å²) in [5.74, 6) is -0.0158. The largest absolute Gasteiger partial charge is 0.279 e. The first-order valence-corrected chi connectivity index (χ1v) is 17.5. The first-order chi connectivity index (χ1) is 19.3. The minimum Gasteiger partial charge on any atom is -0.279 e. The van der Waals surface area contributed by atoms with Crippen molar-refractivity contribution in [2.24, 2.45) is 11.8 Å². The van der Waals surface area contributed by atoms with Crippen molar-refractivity contribution < 1.29 is 21.6 Å². The van der Waals surface area contributed by atoms with Gasteiger partial charge in [-0.3, -0.25) is 9.69 Å². The van der Waals surface area contributed by atoms with Gasteiger partial charge in [0, 0.05) is 24.9 Å². The number of amides is 1. The molecule has 4 rings (SSSR count). The SMILES string of the molecule is CC(C)CN(CC(C)C)S(=O)(=O)c1ccc(C(=O)N(Cc2ccccc2)c2nc3ccc(S(C)(=O)=O)cc3s2)cc1. The van der Waals surface area contributed by atoms with E-state index in [1.54, 1.807) is 12.1 Å². The normalized spacial score (nSPS) is 12.5. The van der Waals surface area contributed by atoms with E-state index in [0.717, 1.165) is 11.8 Å². The standard InChI is InChI=1S/C30H35N3O5S3/c1-21(2)18-32(19-22(3)4)41(37,38)25-13-11-24(12-14-25)29(34)33(20-23-9-7-6-8-10-23)30-31-27-16-15-26(40(5,35)36)17-28(27)39-30/h6-17,21-22H,18-20H2,1-5H3. The first kappa shape index (κ1) is 30.8. The van der Waals surface area contributed by atoms with Crippen LogP contribution in [0.15, 0.2) is 82.6 Å². The van der Waals surface area contributed by atoms with Crippen LogP contribution >= 0.6 is 11.3 Å². The third-order valence-corrected chi connectivity index (χ3v) is 10.3. The van der Waals surface area contributed by atoms with Crippen LogP contribution in [0.3, 0.4) is 0 Å². The van der Waals surface area contributed by atoms with Crippen molar-refractivity contribution in [3.8, 4) is 0 Å². The van der Waals surface area contributed by atoms with Crippen molar-refractivity contribution in [2.45, 2.75) is 44.0 Å². The van der Waals surface area contributed by atoms with Crippen LogP contribution in [0.5, 0.6) is 0 Å². The Labute approximate surface area is 246 Å². The van der Waals surface area contributed by atoms with Crippen LogP contribution in [0.2, 0.25) is 0 Å². The molecule has 1 heterocycles. The molecule has 0 aliphatic rings. The molecule has 0 spiro atoms. The molecule has 0 N–H and O–H groups in total. The van der Waals surface area contributed by atoms with Gasteiger partial charge in [0.15, 0.2) is 15.0 Å². The maximum atomic E-state index is 13.9. The highest BCUT2D eigenvalue weighted by Crippen LogP contribution is 2.32. The molecular formula is C30H35N3O5S3. The second-order valence-corrected chi connectivity index (χ2v) is 15.9. The topological polar surface area (TPSA) is 105 Å². The van der Waals surface area contributed by atoms with Gasteiger partial charge in [-0.15, -0.1) is 0 Å². The highest BCUT2D eigenvalue weighted by Gasteiger charge is 2.27. The Morgan fingerprint density at radius 1 is 0.829 bits per heavy atom. The highest BCUT2D eigenvalue weighted by atomic mass is 32.2. The zero-order chi connectivity index (χ0) is 29.9. The van der Waals surface area contributed by atoms with Crippen LogP contribution in [0, 0.1) is 11.8 Å². The summed E-state index contributed by atoms with van der Waals surface area (Å²) in [7, 11) is -7.14. The maximum absolute atomic E-state index is 13.9. The van der Waals surface area contributed by atoms with E-state index in [4.69, 9.17) is 0 Å². The molecular weight excluding hydrogens is 579 g/mol. The summed E-state index contributed by atoms with van der Waals surface area (Å²) in [4.78, 5) is 20.4.